The number of carbonyl (C=O) groups is 1. The molecule has 5 heteroatoms. The molecule has 0 spiro atoms. The molecule has 3 N–H and O–H groups in total. The normalized spacial score (nSPS) is 21.9. The molecule has 1 aromatic rings. The number of aryl methyl sites for hydroxylation is 1. The van der Waals surface area contributed by atoms with Gasteiger partial charge in [-0.25, -0.2) is 0 Å². The Morgan fingerprint density at radius 3 is 2.95 bits per heavy atom. The van der Waals surface area contributed by atoms with E-state index < -0.39 is 0 Å². The average Bonchev–Trinajstić information content (AvgIpc) is 2.80. The molecule has 2 atom stereocenters. The molecule has 0 saturated heterocycles. The van der Waals surface area contributed by atoms with Crippen molar-refractivity contribution in [1.82, 2.24) is 5.32 Å². The summed E-state index contributed by atoms with van der Waals surface area (Å²) in [6.45, 7) is 2.85. The summed E-state index contributed by atoms with van der Waals surface area (Å²) in [7, 11) is 0. The fourth-order valence-corrected chi connectivity index (χ4v) is 2.72. The monoisotopic (exact) mass is 296 g/mol. The first-order valence-electron chi connectivity index (χ1n) is 7.01. The molecule has 1 saturated carbocycles. The van der Waals surface area contributed by atoms with Gasteiger partial charge in [-0.15, -0.1) is 0 Å². The van der Waals surface area contributed by atoms with Gasteiger partial charge in [0.05, 0.1) is 12.6 Å². The highest BCUT2D eigenvalue weighted by molar-refractivity contribution is 6.31. The summed E-state index contributed by atoms with van der Waals surface area (Å²) >= 11 is 5.91. The van der Waals surface area contributed by atoms with E-state index in [9.17, 15) is 9.90 Å². The first-order chi connectivity index (χ1) is 9.56. The lowest BCUT2D eigenvalue weighted by atomic mass is 10.1. The smallest absolute Gasteiger partial charge is 0.238 e. The van der Waals surface area contributed by atoms with Crippen molar-refractivity contribution in [1.29, 1.82) is 0 Å². The minimum absolute atomic E-state index is 0.0946. The number of anilines is 1. The van der Waals surface area contributed by atoms with Gasteiger partial charge in [-0.05, 0) is 43.4 Å². The van der Waals surface area contributed by atoms with Crippen LogP contribution >= 0.6 is 11.6 Å². The van der Waals surface area contributed by atoms with E-state index in [1.54, 1.807) is 12.1 Å². The second-order valence-electron chi connectivity index (χ2n) is 5.40. The van der Waals surface area contributed by atoms with Gasteiger partial charge in [0.25, 0.3) is 0 Å². The molecule has 1 aromatic carbocycles. The number of nitrogens with one attached hydrogen (secondary N) is 2. The minimum Gasteiger partial charge on any atom is -0.393 e. The second kappa shape index (κ2) is 7.07. The Hall–Kier alpha value is -1.10. The van der Waals surface area contributed by atoms with Crippen molar-refractivity contribution in [3.05, 3.63) is 28.8 Å². The van der Waals surface area contributed by atoms with Crippen LogP contribution in [0.5, 0.6) is 0 Å². The van der Waals surface area contributed by atoms with Gasteiger partial charge in [0.15, 0.2) is 0 Å². The molecule has 20 heavy (non-hydrogen) atoms. The zero-order valence-corrected chi connectivity index (χ0v) is 12.4. The summed E-state index contributed by atoms with van der Waals surface area (Å²) in [4.78, 5) is 11.9. The second-order valence-corrected chi connectivity index (χ2v) is 5.83. The Morgan fingerprint density at radius 2 is 2.25 bits per heavy atom. The molecule has 0 aliphatic heterocycles. The predicted octanol–water partition coefficient (Wildman–Crippen LogP) is 2.34. The molecule has 1 aliphatic rings. The lowest BCUT2D eigenvalue weighted by Crippen LogP contribution is -2.34. The van der Waals surface area contributed by atoms with Gasteiger partial charge in [0.1, 0.15) is 0 Å². The van der Waals surface area contributed by atoms with Crippen LogP contribution in [0.4, 0.5) is 5.69 Å². The standard InChI is InChI=1S/C15H21ClN2O2/c1-10-5-6-12(16)7-13(10)18-15(20)9-17-8-11-3-2-4-14(11)19/h5-7,11,14,17,19H,2-4,8-9H2,1H3,(H,18,20). The van der Waals surface area contributed by atoms with Gasteiger partial charge < -0.3 is 15.7 Å². The number of aliphatic hydroxyl groups is 1. The van der Waals surface area contributed by atoms with Crippen LogP contribution in [-0.4, -0.2) is 30.2 Å². The Balaban J connectivity index is 1.76. The van der Waals surface area contributed by atoms with Crippen LogP contribution in [-0.2, 0) is 4.79 Å². The largest absolute Gasteiger partial charge is 0.393 e. The van der Waals surface area contributed by atoms with Crippen LogP contribution in [0.2, 0.25) is 5.02 Å². The molecule has 1 fully saturated rings. The fourth-order valence-electron chi connectivity index (χ4n) is 2.55. The molecular weight excluding hydrogens is 276 g/mol. The van der Waals surface area contributed by atoms with E-state index >= 15 is 0 Å². The molecule has 4 nitrogen and oxygen atoms in total. The molecule has 0 bridgehead atoms. The lowest BCUT2D eigenvalue weighted by molar-refractivity contribution is -0.115. The number of rotatable bonds is 5. The topological polar surface area (TPSA) is 61.4 Å². The Morgan fingerprint density at radius 1 is 1.45 bits per heavy atom. The fraction of sp³-hybridized carbons (Fsp3) is 0.533. The van der Waals surface area contributed by atoms with E-state index in [-0.39, 0.29) is 24.5 Å². The summed E-state index contributed by atoms with van der Waals surface area (Å²) in [5.74, 6) is 0.179. The number of benzene rings is 1. The van der Waals surface area contributed by atoms with Crippen molar-refractivity contribution < 1.29 is 9.90 Å². The van der Waals surface area contributed by atoms with E-state index in [0.717, 1.165) is 30.5 Å². The maximum absolute atomic E-state index is 11.9. The van der Waals surface area contributed by atoms with E-state index in [4.69, 9.17) is 11.6 Å². The van der Waals surface area contributed by atoms with Gasteiger partial charge in [0.2, 0.25) is 5.91 Å². The van der Waals surface area contributed by atoms with E-state index in [1.165, 1.54) is 0 Å². The molecule has 1 amide bonds. The van der Waals surface area contributed by atoms with Gasteiger partial charge in [-0.2, -0.15) is 0 Å². The molecule has 2 rings (SSSR count). The molecule has 2 unspecified atom stereocenters. The van der Waals surface area contributed by atoms with Crippen LogP contribution in [0, 0.1) is 12.8 Å². The molecule has 1 aliphatic carbocycles. The van der Waals surface area contributed by atoms with Gasteiger partial charge in [-0.1, -0.05) is 24.1 Å². The zero-order chi connectivity index (χ0) is 14.5. The average molecular weight is 297 g/mol. The van der Waals surface area contributed by atoms with Crippen LogP contribution < -0.4 is 10.6 Å². The van der Waals surface area contributed by atoms with Crippen molar-refractivity contribution in [3.63, 3.8) is 0 Å². The molecule has 0 heterocycles. The maximum atomic E-state index is 11.9. The van der Waals surface area contributed by atoms with E-state index in [0.29, 0.717) is 11.6 Å². The van der Waals surface area contributed by atoms with Crippen LogP contribution in [0.25, 0.3) is 0 Å². The number of amides is 1. The third kappa shape index (κ3) is 4.20. The van der Waals surface area contributed by atoms with Crippen LogP contribution in [0.1, 0.15) is 24.8 Å². The molecular formula is C15H21ClN2O2. The van der Waals surface area contributed by atoms with Crippen molar-refractivity contribution >= 4 is 23.2 Å². The maximum Gasteiger partial charge on any atom is 0.238 e. The van der Waals surface area contributed by atoms with Crippen molar-refractivity contribution in [2.45, 2.75) is 32.3 Å². The lowest BCUT2D eigenvalue weighted by Gasteiger charge is -2.15. The van der Waals surface area contributed by atoms with Gasteiger partial charge in [-0.3, -0.25) is 4.79 Å². The number of halogens is 1. The quantitative estimate of drug-likeness (QED) is 0.781. The Labute approximate surface area is 124 Å². The third-order valence-corrected chi connectivity index (χ3v) is 4.02. The summed E-state index contributed by atoms with van der Waals surface area (Å²) in [5.41, 5.74) is 1.72. The summed E-state index contributed by atoms with van der Waals surface area (Å²) < 4.78 is 0. The summed E-state index contributed by atoms with van der Waals surface area (Å²) in [6.07, 6.45) is 2.76. The van der Waals surface area contributed by atoms with Gasteiger partial charge >= 0.3 is 0 Å². The number of carbonyl (C=O) groups excluding carboxylic acids is 1. The summed E-state index contributed by atoms with van der Waals surface area (Å²) in [6, 6.07) is 5.42. The van der Waals surface area contributed by atoms with Crippen molar-refractivity contribution in [3.8, 4) is 0 Å². The predicted molar refractivity (Wildman–Crippen MR) is 81.0 cm³/mol. The highest BCUT2D eigenvalue weighted by Gasteiger charge is 2.24. The number of hydrogen-bond acceptors (Lipinski definition) is 3. The SMILES string of the molecule is Cc1ccc(Cl)cc1NC(=O)CNCC1CCCC1O. The third-order valence-electron chi connectivity index (χ3n) is 3.78. The Bertz CT molecular complexity index is 479. The first kappa shape index (κ1) is 15.3. The van der Waals surface area contributed by atoms with Crippen LogP contribution in [0.15, 0.2) is 18.2 Å². The zero-order valence-electron chi connectivity index (χ0n) is 11.7. The van der Waals surface area contributed by atoms with E-state index in [1.807, 2.05) is 13.0 Å². The van der Waals surface area contributed by atoms with Crippen molar-refractivity contribution in [2.24, 2.45) is 5.92 Å². The number of aliphatic hydroxyl groups excluding tert-OH is 1. The summed E-state index contributed by atoms with van der Waals surface area (Å²) in [5, 5.41) is 16.3. The first-order valence-corrected chi connectivity index (χ1v) is 7.39. The minimum atomic E-state index is -0.222. The van der Waals surface area contributed by atoms with Crippen molar-refractivity contribution in [2.75, 3.05) is 18.4 Å². The Kier molecular flexibility index (Phi) is 5.40. The molecule has 0 aromatic heterocycles. The van der Waals surface area contributed by atoms with Gasteiger partial charge in [0, 0.05) is 17.3 Å². The van der Waals surface area contributed by atoms with E-state index in [2.05, 4.69) is 10.6 Å². The number of hydrogen-bond donors (Lipinski definition) is 3. The molecule has 0 radical (unpaired) electrons. The van der Waals surface area contributed by atoms with Crippen LogP contribution in [0.3, 0.4) is 0 Å². The highest BCUT2D eigenvalue weighted by Crippen LogP contribution is 2.24. The molecule has 110 valence electrons. The highest BCUT2D eigenvalue weighted by atomic mass is 35.5.